The number of aromatic nitrogens is 3. The molecular weight excluding hydrogens is 548 g/mol. The zero-order valence-electron chi connectivity index (χ0n) is 19.2. The van der Waals surface area contributed by atoms with Crippen LogP contribution in [-0.4, -0.2) is 27.3 Å². The summed E-state index contributed by atoms with van der Waals surface area (Å²) in [5.41, 5.74) is 1.99. The smallest absolute Gasteiger partial charge is 0.416 e. The van der Waals surface area contributed by atoms with E-state index in [2.05, 4.69) is 25.7 Å². The summed E-state index contributed by atoms with van der Waals surface area (Å²) in [5.74, 6) is 1.58. The Kier molecular flexibility index (Phi) is 8.92. The van der Waals surface area contributed by atoms with E-state index in [0.29, 0.717) is 24.1 Å². The molecule has 2 heterocycles. The van der Waals surface area contributed by atoms with Gasteiger partial charge in [-0.1, -0.05) is 6.07 Å². The SMILES string of the molecule is CCNC(=NCc1ccc(-n2nc(C)cc2C)cc1C(F)(F)F)NCc1nc(C)c(C)o1.I. The third kappa shape index (κ3) is 6.71. The van der Waals surface area contributed by atoms with Crippen LogP contribution in [0, 0.1) is 27.7 Å². The van der Waals surface area contributed by atoms with E-state index < -0.39 is 11.7 Å². The number of hydrogen-bond donors (Lipinski definition) is 2. The molecule has 0 aliphatic heterocycles. The second kappa shape index (κ2) is 11.0. The van der Waals surface area contributed by atoms with Gasteiger partial charge in [-0.25, -0.2) is 14.7 Å². The van der Waals surface area contributed by atoms with Crippen molar-refractivity contribution in [2.75, 3.05) is 6.54 Å². The molecule has 3 aromatic rings. The Morgan fingerprint density at radius 3 is 2.39 bits per heavy atom. The maximum atomic E-state index is 13.8. The number of oxazole rings is 1. The summed E-state index contributed by atoms with van der Waals surface area (Å²) in [6.07, 6.45) is -4.52. The Morgan fingerprint density at radius 1 is 1.12 bits per heavy atom. The van der Waals surface area contributed by atoms with Crippen LogP contribution in [0.25, 0.3) is 5.69 Å². The molecule has 0 saturated heterocycles. The first kappa shape index (κ1) is 26.7. The summed E-state index contributed by atoms with van der Waals surface area (Å²) >= 11 is 0. The highest BCUT2D eigenvalue weighted by atomic mass is 127. The Balaban J connectivity index is 0.00000385. The molecule has 2 N–H and O–H groups in total. The first-order valence-electron chi connectivity index (χ1n) is 10.3. The normalized spacial score (nSPS) is 11.9. The molecule has 3 rings (SSSR count). The number of nitrogens with zero attached hydrogens (tertiary/aromatic N) is 4. The molecule has 2 aromatic heterocycles. The summed E-state index contributed by atoms with van der Waals surface area (Å²) in [5, 5.41) is 10.3. The molecule has 0 aliphatic rings. The lowest BCUT2D eigenvalue weighted by molar-refractivity contribution is -0.138. The van der Waals surface area contributed by atoms with E-state index in [-0.39, 0.29) is 42.6 Å². The lowest BCUT2D eigenvalue weighted by Gasteiger charge is -2.15. The van der Waals surface area contributed by atoms with Gasteiger partial charge in [0.1, 0.15) is 5.76 Å². The first-order chi connectivity index (χ1) is 15.1. The van der Waals surface area contributed by atoms with Gasteiger partial charge < -0.3 is 15.1 Å². The Morgan fingerprint density at radius 2 is 1.85 bits per heavy atom. The average molecular weight is 576 g/mol. The number of guanidine groups is 1. The quantitative estimate of drug-likeness (QED) is 0.246. The predicted octanol–water partition coefficient (Wildman–Crippen LogP) is 4.99. The van der Waals surface area contributed by atoms with Crippen molar-refractivity contribution >= 4 is 29.9 Å². The largest absolute Gasteiger partial charge is 0.444 e. The summed E-state index contributed by atoms with van der Waals surface area (Å²) in [4.78, 5) is 8.61. The molecule has 0 unspecified atom stereocenters. The van der Waals surface area contributed by atoms with E-state index in [1.165, 1.54) is 10.7 Å². The van der Waals surface area contributed by atoms with Gasteiger partial charge in [0, 0.05) is 12.2 Å². The van der Waals surface area contributed by atoms with Crippen molar-refractivity contribution in [2.24, 2.45) is 4.99 Å². The molecule has 0 atom stereocenters. The van der Waals surface area contributed by atoms with Crippen LogP contribution >= 0.6 is 24.0 Å². The lowest BCUT2D eigenvalue weighted by atomic mass is 10.1. The average Bonchev–Trinajstić information content (AvgIpc) is 3.23. The van der Waals surface area contributed by atoms with Crippen molar-refractivity contribution in [3.63, 3.8) is 0 Å². The van der Waals surface area contributed by atoms with Crippen molar-refractivity contribution < 1.29 is 17.6 Å². The summed E-state index contributed by atoms with van der Waals surface area (Å²) in [6, 6.07) is 6.00. The minimum absolute atomic E-state index is 0. The van der Waals surface area contributed by atoms with Crippen molar-refractivity contribution in [1.82, 2.24) is 25.4 Å². The summed E-state index contributed by atoms with van der Waals surface area (Å²) in [6.45, 7) is 9.81. The van der Waals surface area contributed by atoms with Crippen LogP contribution in [0.15, 0.2) is 33.7 Å². The zero-order chi connectivity index (χ0) is 23.5. The van der Waals surface area contributed by atoms with Crippen LogP contribution in [0.1, 0.15) is 46.8 Å². The minimum atomic E-state index is -4.52. The Labute approximate surface area is 207 Å². The highest BCUT2D eigenvalue weighted by Gasteiger charge is 2.33. The molecule has 0 bridgehead atoms. The van der Waals surface area contributed by atoms with E-state index in [1.807, 2.05) is 26.8 Å². The highest BCUT2D eigenvalue weighted by molar-refractivity contribution is 14.0. The number of nitrogens with one attached hydrogen (secondary N) is 2. The topological polar surface area (TPSA) is 80.3 Å². The molecule has 180 valence electrons. The molecule has 0 fully saturated rings. The predicted molar refractivity (Wildman–Crippen MR) is 131 cm³/mol. The molecule has 0 amide bonds. The molecule has 7 nitrogen and oxygen atoms in total. The molecule has 11 heteroatoms. The molecule has 0 radical (unpaired) electrons. The number of alkyl halides is 3. The molecule has 33 heavy (non-hydrogen) atoms. The maximum Gasteiger partial charge on any atom is 0.416 e. The first-order valence-corrected chi connectivity index (χ1v) is 10.3. The van der Waals surface area contributed by atoms with Gasteiger partial charge in [-0.3, -0.25) is 0 Å². The maximum absolute atomic E-state index is 13.8. The van der Waals surface area contributed by atoms with Gasteiger partial charge in [-0.05, 0) is 58.4 Å². The monoisotopic (exact) mass is 576 g/mol. The summed E-state index contributed by atoms with van der Waals surface area (Å²) in [7, 11) is 0. The van der Waals surface area contributed by atoms with Crippen molar-refractivity contribution in [3.05, 3.63) is 64.1 Å². The van der Waals surface area contributed by atoms with Crippen LogP contribution in [-0.2, 0) is 19.3 Å². The van der Waals surface area contributed by atoms with E-state index in [4.69, 9.17) is 4.42 Å². The van der Waals surface area contributed by atoms with E-state index >= 15 is 0 Å². The van der Waals surface area contributed by atoms with Crippen LogP contribution < -0.4 is 10.6 Å². The number of aryl methyl sites for hydroxylation is 4. The van der Waals surface area contributed by atoms with Gasteiger partial charge in [0.05, 0.1) is 35.7 Å². The molecule has 0 aliphatic carbocycles. The van der Waals surface area contributed by atoms with Crippen molar-refractivity contribution in [2.45, 2.75) is 53.9 Å². The minimum Gasteiger partial charge on any atom is -0.444 e. The second-order valence-electron chi connectivity index (χ2n) is 7.48. The molecule has 1 aromatic carbocycles. The van der Waals surface area contributed by atoms with Gasteiger partial charge in [-0.2, -0.15) is 18.3 Å². The number of halogens is 4. The fourth-order valence-corrected chi connectivity index (χ4v) is 3.27. The number of hydrogen-bond acceptors (Lipinski definition) is 4. The van der Waals surface area contributed by atoms with Crippen molar-refractivity contribution in [1.29, 1.82) is 0 Å². The van der Waals surface area contributed by atoms with Gasteiger partial charge in [0.15, 0.2) is 5.96 Å². The molecular formula is C22H28F3IN6O. The van der Waals surface area contributed by atoms with E-state index in [9.17, 15) is 13.2 Å². The Bertz CT molecular complexity index is 1100. The summed E-state index contributed by atoms with van der Waals surface area (Å²) < 4.78 is 48.4. The van der Waals surface area contributed by atoms with Crippen LogP contribution in [0.3, 0.4) is 0 Å². The van der Waals surface area contributed by atoms with Crippen LogP contribution in [0.2, 0.25) is 0 Å². The molecule has 0 saturated carbocycles. The third-order valence-corrected chi connectivity index (χ3v) is 4.88. The second-order valence-corrected chi connectivity index (χ2v) is 7.48. The number of benzene rings is 1. The third-order valence-electron chi connectivity index (χ3n) is 4.88. The van der Waals surface area contributed by atoms with Crippen LogP contribution in [0.5, 0.6) is 0 Å². The van der Waals surface area contributed by atoms with Gasteiger partial charge >= 0.3 is 6.18 Å². The van der Waals surface area contributed by atoms with Gasteiger partial charge in [0.2, 0.25) is 5.89 Å². The fraction of sp³-hybridized carbons (Fsp3) is 0.409. The Hall–Kier alpha value is -2.57. The fourth-order valence-electron chi connectivity index (χ4n) is 3.27. The molecule has 0 spiro atoms. The highest BCUT2D eigenvalue weighted by Crippen LogP contribution is 2.34. The van der Waals surface area contributed by atoms with E-state index in [0.717, 1.165) is 28.9 Å². The van der Waals surface area contributed by atoms with Gasteiger partial charge in [0.25, 0.3) is 0 Å². The van der Waals surface area contributed by atoms with Gasteiger partial charge in [-0.15, -0.1) is 24.0 Å². The lowest BCUT2D eigenvalue weighted by Crippen LogP contribution is -2.36. The van der Waals surface area contributed by atoms with E-state index in [1.54, 1.807) is 19.9 Å². The zero-order valence-corrected chi connectivity index (χ0v) is 21.5. The van der Waals surface area contributed by atoms with Crippen LogP contribution in [0.4, 0.5) is 13.2 Å². The standard InChI is InChI=1S/C22H27F3N6O.HI/c1-6-26-21(28-12-20-29-15(4)16(5)32-20)27-11-17-7-8-18(10-19(17)22(23,24)25)31-14(3)9-13(2)30-31;/h7-10H,6,11-12H2,1-5H3,(H2,26,27,28);1H. The van der Waals surface area contributed by atoms with Crippen molar-refractivity contribution in [3.8, 4) is 5.69 Å². The number of rotatable bonds is 6. The number of aliphatic imine (C=N–C) groups is 1.